The summed E-state index contributed by atoms with van der Waals surface area (Å²) in [6.07, 6.45) is 2.31. The fourth-order valence-corrected chi connectivity index (χ4v) is 4.98. The van der Waals surface area contributed by atoms with Gasteiger partial charge >= 0.3 is 0 Å². The van der Waals surface area contributed by atoms with Gasteiger partial charge in [0.15, 0.2) is 0 Å². The number of nitrogens with one attached hydrogen (secondary N) is 1. The number of amides is 1. The topological polar surface area (TPSA) is 44.8 Å². The molecule has 166 valence electrons. The lowest BCUT2D eigenvalue weighted by Crippen LogP contribution is -2.44. The number of rotatable bonds is 5. The lowest BCUT2D eigenvalue weighted by Gasteiger charge is -2.36. The molecule has 3 aromatic carbocycles. The summed E-state index contributed by atoms with van der Waals surface area (Å²) in [5.74, 6) is -0.0216. The van der Waals surface area contributed by atoms with E-state index in [0.717, 1.165) is 50.0 Å². The zero-order valence-corrected chi connectivity index (χ0v) is 18.7. The van der Waals surface area contributed by atoms with Crippen molar-refractivity contribution in [3.05, 3.63) is 77.4 Å². The van der Waals surface area contributed by atoms with Crippen LogP contribution in [0.4, 0.5) is 5.69 Å². The van der Waals surface area contributed by atoms with Crippen LogP contribution in [-0.2, 0) is 11.2 Å². The van der Waals surface area contributed by atoms with Crippen LogP contribution in [0.15, 0.2) is 60.7 Å². The molecule has 0 aromatic heterocycles. The van der Waals surface area contributed by atoms with E-state index in [9.17, 15) is 4.79 Å². The Morgan fingerprint density at radius 2 is 1.81 bits per heavy atom. The molecule has 0 unspecified atom stereocenters. The number of nitrogens with zero attached hydrogens (tertiary/aromatic N) is 2. The molecule has 2 heterocycles. The molecule has 0 spiro atoms. The summed E-state index contributed by atoms with van der Waals surface area (Å²) in [5, 5.41) is 5.45. The van der Waals surface area contributed by atoms with Crippen LogP contribution in [0.2, 0.25) is 0 Å². The Kier molecular flexibility index (Phi) is 6.10. The molecule has 1 amide bonds. The van der Waals surface area contributed by atoms with Gasteiger partial charge < -0.3 is 15.0 Å². The maximum atomic E-state index is 13.0. The monoisotopic (exact) mass is 429 g/mol. The Morgan fingerprint density at radius 1 is 1.00 bits per heavy atom. The summed E-state index contributed by atoms with van der Waals surface area (Å²) in [7, 11) is 2.17. The maximum Gasteiger partial charge on any atom is 0.251 e. The molecule has 1 N–H and O–H groups in total. The van der Waals surface area contributed by atoms with Gasteiger partial charge in [-0.1, -0.05) is 42.5 Å². The van der Waals surface area contributed by atoms with Crippen LogP contribution < -0.4 is 10.2 Å². The molecular formula is C27H31N3O2. The molecule has 1 atom stereocenters. The number of morpholine rings is 1. The SMILES string of the molecule is CN1CCCc2cc([C@@H](CNC(=O)c3ccc4ccccc4c3)N3CCOCC3)ccc21. The Bertz CT molecular complexity index is 1110. The lowest BCUT2D eigenvalue weighted by molar-refractivity contribution is 0.0162. The van der Waals surface area contributed by atoms with Gasteiger partial charge in [0.25, 0.3) is 5.91 Å². The molecule has 5 nitrogen and oxygen atoms in total. The third-order valence-corrected chi connectivity index (χ3v) is 6.79. The van der Waals surface area contributed by atoms with Gasteiger partial charge in [0.2, 0.25) is 0 Å². The fraction of sp³-hybridized carbons (Fsp3) is 0.370. The van der Waals surface area contributed by atoms with Crippen molar-refractivity contribution in [2.45, 2.75) is 18.9 Å². The molecule has 32 heavy (non-hydrogen) atoms. The Balaban J connectivity index is 1.37. The first-order chi connectivity index (χ1) is 15.7. The van der Waals surface area contributed by atoms with Gasteiger partial charge in [-0.3, -0.25) is 9.69 Å². The first-order valence-electron chi connectivity index (χ1n) is 11.6. The van der Waals surface area contributed by atoms with Crippen molar-refractivity contribution < 1.29 is 9.53 Å². The average Bonchev–Trinajstić information content (AvgIpc) is 2.84. The van der Waals surface area contributed by atoms with Gasteiger partial charge in [0.1, 0.15) is 0 Å². The minimum atomic E-state index is -0.0216. The number of carbonyl (C=O) groups is 1. The van der Waals surface area contributed by atoms with Crippen molar-refractivity contribution in [2.24, 2.45) is 0 Å². The molecular weight excluding hydrogens is 398 g/mol. The molecule has 5 rings (SSSR count). The summed E-state index contributed by atoms with van der Waals surface area (Å²) in [6.45, 7) is 4.94. The highest BCUT2D eigenvalue weighted by Crippen LogP contribution is 2.31. The van der Waals surface area contributed by atoms with E-state index in [-0.39, 0.29) is 11.9 Å². The second kappa shape index (κ2) is 9.31. The average molecular weight is 430 g/mol. The third-order valence-electron chi connectivity index (χ3n) is 6.79. The predicted octanol–water partition coefficient (Wildman–Crippen LogP) is 4.03. The van der Waals surface area contributed by atoms with Crippen molar-refractivity contribution in [1.29, 1.82) is 0 Å². The van der Waals surface area contributed by atoms with E-state index in [4.69, 9.17) is 4.74 Å². The zero-order chi connectivity index (χ0) is 21.9. The summed E-state index contributed by atoms with van der Waals surface area (Å²) in [6, 6.07) is 21.0. The minimum Gasteiger partial charge on any atom is -0.379 e. The van der Waals surface area contributed by atoms with Crippen LogP contribution in [0.1, 0.15) is 33.9 Å². The van der Waals surface area contributed by atoms with E-state index in [1.54, 1.807) is 0 Å². The lowest BCUT2D eigenvalue weighted by atomic mass is 9.95. The molecule has 3 aromatic rings. The second-order valence-electron chi connectivity index (χ2n) is 8.85. The van der Waals surface area contributed by atoms with E-state index in [2.05, 4.69) is 46.4 Å². The number of hydrogen-bond acceptors (Lipinski definition) is 4. The summed E-state index contributed by atoms with van der Waals surface area (Å²) in [4.78, 5) is 17.8. The van der Waals surface area contributed by atoms with Gasteiger partial charge in [-0.2, -0.15) is 0 Å². The van der Waals surface area contributed by atoms with Crippen molar-refractivity contribution in [1.82, 2.24) is 10.2 Å². The van der Waals surface area contributed by atoms with E-state index in [0.29, 0.717) is 12.1 Å². The smallest absolute Gasteiger partial charge is 0.251 e. The number of fused-ring (bicyclic) bond motifs is 2. The number of carbonyl (C=O) groups excluding carboxylic acids is 1. The van der Waals surface area contributed by atoms with Gasteiger partial charge in [-0.05, 0) is 52.9 Å². The Morgan fingerprint density at radius 3 is 2.66 bits per heavy atom. The molecule has 0 bridgehead atoms. The molecule has 0 aliphatic carbocycles. The number of anilines is 1. The highest BCUT2D eigenvalue weighted by Gasteiger charge is 2.25. The Labute approximate surface area is 190 Å². The van der Waals surface area contributed by atoms with Crippen LogP contribution in [0.3, 0.4) is 0 Å². The molecule has 0 saturated carbocycles. The van der Waals surface area contributed by atoms with Gasteiger partial charge in [-0.25, -0.2) is 0 Å². The van der Waals surface area contributed by atoms with E-state index in [1.165, 1.54) is 23.2 Å². The van der Waals surface area contributed by atoms with Crippen molar-refractivity contribution >= 4 is 22.4 Å². The molecule has 2 aliphatic rings. The second-order valence-corrected chi connectivity index (χ2v) is 8.85. The highest BCUT2D eigenvalue weighted by atomic mass is 16.5. The van der Waals surface area contributed by atoms with Crippen molar-refractivity contribution in [2.75, 3.05) is 51.3 Å². The maximum absolute atomic E-state index is 13.0. The third kappa shape index (κ3) is 4.36. The van der Waals surface area contributed by atoms with Crippen LogP contribution >= 0.6 is 0 Å². The van der Waals surface area contributed by atoms with E-state index < -0.39 is 0 Å². The van der Waals surface area contributed by atoms with Crippen molar-refractivity contribution in [3.63, 3.8) is 0 Å². The molecule has 0 radical (unpaired) electrons. The van der Waals surface area contributed by atoms with Crippen molar-refractivity contribution in [3.8, 4) is 0 Å². The first-order valence-corrected chi connectivity index (χ1v) is 11.6. The normalized spacial score (nSPS) is 17.7. The molecule has 1 saturated heterocycles. The van der Waals surface area contributed by atoms with Gasteiger partial charge in [0.05, 0.1) is 19.3 Å². The molecule has 5 heteroatoms. The molecule has 2 aliphatic heterocycles. The van der Waals surface area contributed by atoms with Crippen LogP contribution in [0.25, 0.3) is 10.8 Å². The highest BCUT2D eigenvalue weighted by molar-refractivity contribution is 5.98. The van der Waals surface area contributed by atoms with Crippen LogP contribution in [-0.4, -0.2) is 57.2 Å². The summed E-state index contributed by atoms with van der Waals surface area (Å²) in [5.41, 5.74) is 4.73. The zero-order valence-electron chi connectivity index (χ0n) is 18.7. The first kappa shape index (κ1) is 21.0. The van der Waals surface area contributed by atoms with Crippen LogP contribution in [0, 0.1) is 0 Å². The van der Waals surface area contributed by atoms with Gasteiger partial charge in [0, 0.05) is 44.5 Å². The fourth-order valence-electron chi connectivity index (χ4n) is 4.98. The number of benzene rings is 3. The quantitative estimate of drug-likeness (QED) is 0.665. The number of ether oxygens (including phenoxy) is 1. The largest absolute Gasteiger partial charge is 0.379 e. The van der Waals surface area contributed by atoms with Crippen LogP contribution in [0.5, 0.6) is 0 Å². The standard InChI is InChI=1S/C27H31N3O2/c1-29-12-4-7-22-18-23(10-11-25(22)29)26(30-13-15-32-16-14-30)19-28-27(31)24-9-8-20-5-2-3-6-21(20)17-24/h2-3,5-6,8-11,17-18,26H,4,7,12-16,19H2,1H3,(H,28,31)/t26-/m1/s1. The molecule has 1 fully saturated rings. The van der Waals surface area contributed by atoms with E-state index >= 15 is 0 Å². The summed E-state index contributed by atoms with van der Waals surface area (Å²) >= 11 is 0. The number of hydrogen-bond donors (Lipinski definition) is 1. The van der Waals surface area contributed by atoms with E-state index in [1.807, 2.05) is 36.4 Å². The number of aryl methyl sites for hydroxylation is 1. The van der Waals surface area contributed by atoms with Gasteiger partial charge in [-0.15, -0.1) is 0 Å². The Hall–Kier alpha value is -2.89. The predicted molar refractivity (Wildman–Crippen MR) is 129 cm³/mol. The minimum absolute atomic E-state index is 0.0216. The summed E-state index contributed by atoms with van der Waals surface area (Å²) < 4.78 is 5.59.